The van der Waals surface area contributed by atoms with Gasteiger partial charge in [0.15, 0.2) is 0 Å². The lowest BCUT2D eigenvalue weighted by Crippen LogP contribution is -2.42. The minimum absolute atomic E-state index is 0.0152. The van der Waals surface area contributed by atoms with Crippen molar-refractivity contribution in [3.05, 3.63) is 33.9 Å². The number of carbonyl (C=O) groups is 2. The predicted molar refractivity (Wildman–Crippen MR) is 73.8 cm³/mol. The van der Waals surface area contributed by atoms with Gasteiger partial charge < -0.3 is 15.7 Å². The monoisotopic (exact) mass is 293 g/mol. The van der Waals surface area contributed by atoms with Crippen molar-refractivity contribution in [2.75, 3.05) is 18.8 Å². The minimum atomic E-state index is -0.934. The first kappa shape index (κ1) is 14.8. The van der Waals surface area contributed by atoms with Crippen LogP contribution < -0.4 is 5.73 Å². The molecule has 1 atom stereocenters. The number of carboxylic acids is 1. The van der Waals surface area contributed by atoms with Crippen molar-refractivity contribution in [3.8, 4) is 0 Å². The average molecular weight is 293 g/mol. The number of amides is 1. The topological polar surface area (TPSA) is 127 Å². The third-order valence-corrected chi connectivity index (χ3v) is 3.53. The Morgan fingerprint density at radius 1 is 1.43 bits per heavy atom. The van der Waals surface area contributed by atoms with E-state index in [9.17, 15) is 19.7 Å². The lowest BCUT2D eigenvalue weighted by molar-refractivity contribution is -0.383. The summed E-state index contributed by atoms with van der Waals surface area (Å²) in [6.07, 6.45) is 1.13. The van der Waals surface area contributed by atoms with Gasteiger partial charge in [0.2, 0.25) is 0 Å². The Morgan fingerprint density at radius 3 is 2.76 bits per heavy atom. The van der Waals surface area contributed by atoms with Gasteiger partial charge in [-0.1, -0.05) is 0 Å². The number of nitrogen functional groups attached to an aromatic ring is 1. The highest BCUT2D eigenvalue weighted by Gasteiger charge is 2.29. The summed E-state index contributed by atoms with van der Waals surface area (Å²) in [5.74, 6) is -1.94. The van der Waals surface area contributed by atoms with Crippen molar-refractivity contribution >= 4 is 23.3 Å². The van der Waals surface area contributed by atoms with Crippen molar-refractivity contribution < 1.29 is 19.6 Å². The number of rotatable bonds is 3. The number of hydrogen-bond acceptors (Lipinski definition) is 5. The summed E-state index contributed by atoms with van der Waals surface area (Å²) in [6, 6.07) is 3.85. The Hall–Kier alpha value is -2.64. The Labute approximate surface area is 120 Å². The second-order valence-corrected chi connectivity index (χ2v) is 4.96. The molecule has 3 N–H and O–H groups in total. The van der Waals surface area contributed by atoms with Crippen LogP contribution in [-0.4, -0.2) is 39.9 Å². The molecule has 1 amide bonds. The zero-order valence-corrected chi connectivity index (χ0v) is 11.2. The first-order valence-electron chi connectivity index (χ1n) is 6.46. The molecular formula is C13H15N3O5. The van der Waals surface area contributed by atoms with Crippen molar-refractivity contribution in [3.63, 3.8) is 0 Å². The third kappa shape index (κ3) is 3.10. The van der Waals surface area contributed by atoms with E-state index in [0.29, 0.717) is 19.4 Å². The van der Waals surface area contributed by atoms with E-state index in [1.165, 1.54) is 17.0 Å². The van der Waals surface area contributed by atoms with E-state index in [1.54, 1.807) is 0 Å². The highest BCUT2D eigenvalue weighted by Crippen LogP contribution is 2.24. The van der Waals surface area contributed by atoms with Crippen LogP contribution in [0, 0.1) is 16.0 Å². The van der Waals surface area contributed by atoms with Crippen molar-refractivity contribution in [2.24, 2.45) is 5.92 Å². The van der Waals surface area contributed by atoms with Gasteiger partial charge in [0.25, 0.3) is 11.6 Å². The van der Waals surface area contributed by atoms with Gasteiger partial charge in [-0.15, -0.1) is 0 Å². The van der Waals surface area contributed by atoms with Crippen molar-refractivity contribution in [1.29, 1.82) is 0 Å². The van der Waals surface area contributed by atoms with E-state index < -0.39 is 22.7 Å². The second-order valence-electron chi connectivity index (χ2n) is 4.96. The number of carboxylic acid groups (broad SMARTS) is 1. The molecular weight excluding hydrogens is 278 g/mol. The van der Waals surface area contributed by atoms with E-state index in [1.807, 2.05) is 0 Å². The summed E-state index contributed by atoms with van der Waals surface area (Å²) in [5, 5.41) is 19.9. The molecule has 8 nitrogen and oxygen atoms in total. The molecule has 21 heavy (non-hydrogen) atoms. The number of nitro benzene ring substituents is 1. The van der Waals surface area contributed by atoms with E-state index in [4.69, 9.17) is 10.8 Å². The van der Waals surface area contributed by atoms with Crippen LogP contribution >= 0.6 is 0 Å². The molecule has 1 heterocycles. The Kier molecular flexibility index (Phi) is 4.06. The van der Waals surface area contributed by atoms with Crippen LogP contribution in [0.15, 0.2) is 18.2 Å². The standard InChI is InChI=1S/C13H15N3O5/c14-10-4-3-8(6-11(10)16(20)21)12(17)15-5-1-2-9(7-15)13(18)19/h3-4,6,9H,1-2,5,7,14H2,(H,18,19)/t9-/m0/s1. The number of nitro groups is 1. The molecule has 112 valence electrons. The van der Waals surface area contributed by atoms with Crippen LogP contribution in [-0.2, 0) is 4.79 Å². The number of piperidine rings is 1. The molecule has 1 fully saturated rings. The maximum atomic E-state index is 12.3. The minimum Gasteiger partial charge on any atom is -0.481 e. The van der Waals surface area contributed by atoms with Crippen LogP contribution in [0.25, 0.3) is 0 Å². The fraction of sp³-hybridized carbons (Fsp3) is 0.385. The number of carbonyl (C=O) groups excluding carboxylic acids is 1. The van der Waals surface area contributed by atoms with Crippen LogP contribution in [0.3, 0.4) is 0 Å². The van der Waals surface area contributed by atoms with Gasteiger partial charge in [-0.05, 0) is 25.0 Å². The zero-order valence-electron chi connectivity index (χ0n) is 11.2. The molecule has 0 radical (unpaired) electrons. The van der Waals surface area contributed by atoms with Gasteiger partial charge in [-0.3, -0.25) is 19.7 Å². The fourth-order valence-electron chi connectivity index (χ4n) is 2.38. The number of nitrogens with two attached hydrogens (primary N) is 1. The summed E-state index contributed by atoms with van der Waals surface area (Å²) in [6.45, 7) is 0.563. The van der Waals surface area contributed by atoms with Crippen molar-refractivity contribution in [2.45, 2.75) is 12.8 Å². The molecule has 8 heteroatoms. The largest absolute Gasteiger partial charge is 0.481 e. The zero-order chi connectivity index (χ0) is 15.6. The second kappa shape index (κ2) is 5.78. The normalized spacial score (nSPS) is 18.3. The maximum absolute atomic E-state index is 12.3. The average Bonchev–Trinajstić information content (AvgIpc) is 2.46. The molecule has 0 aromatic heterocycles. The number of benzene rings is 1. The lowest BCUT2D eigenvalue weighted by atomic mass is 9.97. The van der Waals surface area contributed by atoms with Gasteiger partial charge in [-0.25, -0.2) is 0 Å². The number of likely N-dealkylation sites (tertiary alicyclic amines) is 1. The molecule has 0 bridgehead atoms. The summed E-state index contributed by atoms with van der Waals surface area (Å²) in [7, 11) is 0. The quantitative estimate of drug-likeness (QED) is 0.488. The van der Waals surface area contributed by atoms with Crippen LogP contribution in [0.2, 0.25) is 0 Å². The molecule has 0 saturated carbocycles. The smallest absolute Gasteiger partial charge is 0.308 e. The van der Waals surface area contributed by atoms with E-state index in [0.717, 1.165) is 6.07 Å². The van der Waals surface area contributed by atoms with Gasteiger partial charge in [0, 0.05) is 24.7 Å². The molecule has 1 aromatic carbocycles. The fourth-order valence-corrected chi connectivity index (χ4v) is 2.38. The van der Waals surface area contributed by atoms with Gasteiger partial charge in [0.05, 0.1) is 10.8 Å². The van der Waals surface area contributed by atoms with Crippen LogP contribution in [0.1, 0.15) is 23.2 Å². The number of aliphatic carboxylic acids is 1. The Bertz CT molecular complexity index is 601. The Balaban J connectivity index is 2.22. The van der Waals surface area contributed by atoms with E-state index in [-0.39, 0.29) is 23.5 Å². The highest BCUT2D eigenvalue weighted by atomic mass is 16.6. The first-order chi connectivity index (χ1) is 9.90. The molecule has 1 aromatic rings. The predicted octanol–water partition coefficient (Wildman–Crippen LogP) is 1.11. The number of hydrogen-bond donors (Lipinski definition) is 2. The molecule has 0 spiro atoms. The molecule has 2 rings (SSSR count). The molecule has 1 saturated heterocycles. The number of nitrogens with zero attached hydrogens (tertiary/aromatic N) is 2. The first-order valence-corrected chi connectivity index (χ1v) is 6.46. The molecule has 1 aliphatic rings. The lowest BCUT2D eigenvalue weighted by Gasteiger charge is -2.30. The van der Waals surface area contributed by atoms with Gasteiger partial charge in [-0.2, -0.15) is 0 Å². The van der Waals surface area contributed by atoms with Crippen LogP contribution in [0.5, 0.6) is 0 Å². The summed E-state index contributed by atoms with van der Waals surface area (Å²) >= 11 is 0. The number of anilines is 1. The highest BCUT2D eigenvalue weighted by molar-refractivity contribution is 5.96. The van der Waals surface area contributed by atoms with Crippen molar-refractivity contribution in [1.82, 2.24) is 4.90 Å². The SMILES string of the molecule is Nc1ccc(C(=O)N2CCC[C@H](C(=O)O)C2)cc1[N+](=O)[O-]. The Morgan fingerprint density at radius 2 is 2.14 bits per heavy atom. The third-order valence-electron chi connectivity index (χ3n) is 3.53. The summed E-state index contributed by atoms with van der Waals surface area (Å²) < 4.78 is 0. The maximum Gasteiger partial charge on any atom is 0.308 e. The molecule has 1 aliphatic heterocycles. The summed E-state index contributed by atoms with van der Waals surface area (Å²) in [4.78, 5) is 34.9. The van der Waals surface area contributed by atoms with E-state index >= 15 is 0 Å². The van der Waals surface area contributed by atoms with Gasteiger partial charge >= 0.3 is 5.97 Å². The van der Waals surface area contributed by atoms with E-state index in [2.05, 4.69) is 0 Å². The molecule has 0 unspecified atom stereocenters. The van der Waals surface area contributed by atoms with Crippen LogP contribution in [0.4, 0.5) is 11.4 Å². The molecule has 0 aliphatic carbocycles. The van der Waals surface area contributed by atoms with Gasteiger partial charge in [0.1, 0.15) is 5.69 Å². The summed E-state index contributed by atoms with van der Waals surface area (Å²) in [5.41, 5.74) is 5.29.